The van der Waals surface area contributed by atoms with Gasteiger partial charge in [-0.1, -0.05) is 13.8 Å². The molecule has 0 saturated heterocycles. The van der Waals surface area contributed by atoms with Crippen LogP contribution in [-0.2, 0) is 5.41 Å². The van der Waals surface area contributed by atoms with Crippen molar-refractivity contribution in [3.63, 3.8) is 0 Å². The van der Waals surface area contributed by atoms with E-state index in [4.69, 9.17) is 0 Å². The van der Waals surface area contributed by atoms with Crippen molar-refractivity contribution in [2.45, 2.75) is 19.3 Å². The van der Waals surface area contributed by atoms with Gasteiger partial charge in [0.2, 0.25) is 0 Å². The Balaban J connectivity index is 3.05. The van der Waals surface area contributed by atoms with Crippen LogP contribution in [0.3, 0.4) is 0 Å². The van der Waals surface area contributed by atoms with Crippen LogP contribution in [0.2, 0.25) is 0 Å². The molecule has 1 N–H and O–H groups in total. The first kappa shape index (κ1) is 11.1. The SMILES string of the molecule is CNCC(C)(C)c1cc(F)cc(F)c1. The summed E-state index contributed by atoms with van der Waals surface area (Å²) < 4.78 is 25.9. The summed E-state index contributed by atoms with van der Waals surface area (Å²) in [6, 6.07) is 3.64. The monoisotopic (exact) mass is 199 g/mol. The van der Waals surface area contributed by atoms with Gasteiger partial charge in [-0.05, 0) is 24.7 Å². The molecular weight excluding hydrogens is 184 g/mol. The minimum atomic E-state index is -0.524. The van der Waals surface area contributed by atoms with Crippen LogP contribution in [0.1, 0.15) is 19.4 Å². The molecule has 0 atom stereocenters. The molecule has 0 radical (unpaired) electrons. The van der Waals surface area contributed by atoms with Gasteiger partial charge >= 0.3 is 0 Å². The van der Waals surface area contributed by atoms with Gasteiger partial charge in [-0.25, -0.2) is 8.78 Å². The summed E-state index contributed by atoms with van der Waals surface area (Å²) in [6.45, 7) is 4.56. The maximum Gasteiger partial charge on any atom is 0.126 e. The van der Waals surface area contributed by atoms with Gasteiger partial charge in [0, 0.05) is 18.0 Å². The van der Waals surface area contributed by atoms with Crippen molar-refractivity contribution in [3.05, 3.63) is 35.4 Å². The maximum absolute atomic E-state index is 12.9. The zero-order valence-corrected chi connectivity index (χ0v) is 8.70. The lowest BCUT2D eigenvalue weighted by Crippen LogP contribution is -2.30. The number of nitrogens with one attached hydrogen (secondary N) is 1. The zero-order chi connectivity index (χ0) is 10.8. The Labute approximate surface area is 83.1 Å². The second-order valence-electron chi connectivity index (χ2n) is 4.07. The van der Waals surface area contributed by atoms with E-state index in [1.165, 1.54) is 12.1 Å². The fourth-order valence-electron chi connectivity index (χ4n) is 1.49. The summed E-state index contributed by atoms with van der Waals surface area (Å²) in [6.07, 6.45) is 0. The fourth-order valence-corrected chi connectivity index (χ4v) is 1.49. The average molecular weight is 199 g/mol. The zero-order valence-electron chi connectivity index (χ0n) is 8.70. The number of halogens is 2. The predicted octanol–water partition coefficient (Wildman–Crippen LogP) is 2.46. The Bertz CT molecular complexity index is 301. The van der Waals surface area contributed by atoms with E-state index >= 15 is 0 Å². The van der Waals surface area contributed by atoms with Crippen molar-refractivity contribution in [3.8, 4) is 0 Å². The van der Waals surface area contributed by atoms with E-state index in [1.807, 2.05) is 20.9 Å². The highest BCUT2D eigenvalue weighted by Crippen LogP contribution is 2.23. The summed E-state index contributed by atoms with van der Waals surface area (Å²) in [4.78, 5) is 0. The van der Waals surface area contributed by atoms with E-state index in [-0.39, 0.29) is 5.41 Å². The Morgan fingerprint density at radius 2 is 1.64 bits per heavy atom. The lowest BCUT2D eigenvalue weighted by atomic mass is 9.84. The molecule has 0 bridgehead atoms. The lowest BCUT2D eigenvalue weighted by molar-refractivity contribution is 0.482. The van der Waals surface area contributed by atoms with E-state index in [9.17, 15) is 8.78 Å². The van der Waals surface area contributed by atoms with Gasteiger partial charge in [-0.2, -0.15) is 0 Å². The van der Waals surface area contributed by atoms with E-state index in [0.29, 0.717) is 12.1 Å². The van der Waals surface area contributed by atoms with Crippen molar-refractivity contribution < 1.29 is 8.78 Å². The fraction of sp³-hybridized carbons (Fsp3) is 0.455. The third-order valence-electron chi connectivity index (χ3n) is 2.26. The standard InChI is InChI=1S/C11H15F2N/c1-11(2,7-14-3)8-4-9(12)6-10(13)5-8/h4-6,14H,7H2,1-3H3. The number of likely N-dealkylation sites (N-methyl/N-ethyl adjacent to an activating group) is 1. The molecule has 14 heavy (non-hydrogen) atoms. The molecule has 0 fully saturated rings. The Morgan fingerprint density at radius 1 is 1.14 bits per heavy atom. The second-order valence-corrected chi connectivity index (χ2v) is 4.07. The molecule has 1 rings (SSSR count). The molecule has 0 spiro atoms. The molecule has 0 aliphatic carbocycles. The first-order valence-electron chi connectivity index (χ1n) is 4.57. The number of hydrogen-bond acceptors (Lipinski definition) is 1. The van der Waals surface area contributed by atoms with Gasteiger partial charge in [-0.15, -0.1) is 0 Å². The van der Waals surface area contributed by atoms with Crippen LogP contribution in [0.25, 0.3) is 0 Å². The Kier molecular flexibility index (Phi) is 3.21. The summed E-state index contributed by atoms with van der Waals surface area (Å²) in [5.41, 5.74) is 0.405. The average Bonchev–Trinajstić information content (AvgIpc) is 2.02. The van der Waals surface area contributed by atoms with E-state index in [2.05, 4.69) is 5.32 Å². The summed E-state index contributed by atoms with van der Waals surface area (Å²) in [5.74, 6) is -1.05. The van der Waals surface area contributed by atoms with Gasteiger partial charge in [0.25, 0.3) is 0 Å². The number of hydrogen-bond donors (Lipinski definition) is 1. The minimum absolute atomic E-state index is 0.266. The van der Waals surface area contributed by atoms with Crippen molar-refractivity contribution in [1.29, 1.82) is 0 Å². The molecule has 1 nitrogen and oxygen atoms in total. The highest BCUT2D eigenvalue weighted by Gasteiger charge is 2.20. The third kappa shape index (κ3) is 2.51. The van der Waals surface area contributed by atoms with Gasteiger partial charge in [0.1, 0.15) is 11.6 Å². The van der Waals surface area contributed by atoms with Gasteiger partial charge < -0.3 is 5.32 Å². The van der Waals surface area contributed by atoms with Gasteiger partial charge in [0.05, 0.1) is 0 Å². The van der Waals surface area contributed by atoms with E-state index < -0.39 is 11.6 Å². The second kappa shape index (κ2) is 4.05. The van der Waals surface area contributed by atoms with Crippen LogP contribution >= 0.6 is 0 Å². The normalized spacial score (nSPS) is 11.8. The van der Waals surface area contributed by atoms with Crippen molar-refractivity contribution in [2.24, 2.45) is 0 Å². The molecule has 0 aliphatic rings. The Morgan fingerprint density at radius 3 is 2.07 bits per heavy atom. The maximum atomic E-state index is 12.9. The van der Waals surface area contributed by atoms with Crippen LogP contribution in [0.15, 0.2) is 18.2 Å². The van der Waals surface area contributed by atoms with Crippen molar-refractivity contribution >= 4 is 0 Å². The summed E-state index contributed by atoms with van der Waals surface area (Å²) >= 11 is 0. The summed E-state index contributed by atoms with van der Waals surface area (Å²) in [5, 5.41) is 3.00. The minimum Gasteiger partial charge on any atom is -0.319 e. The molecule has 3 heteroatoms. The molecule has 1 aromatic rings. The van der Waals surface area contributed by atoms with Crippen LogP contribution in [-0.4, -0.2) is 13.6 Å². The van der Waals surface area contributed by atoms with Crippen molar-refractivity contribution in [2.75, 3.05) is 13.6 Å². The van der Waals surface area contributed by atoms with Gasteiger partial charge in [-0.3, -0.25) is 0 Å². The first-order chi connectivity index (χ1) is 6.45. The first-order valence-corrected chi connectivity index (χ1v) is 4.57. The number of benzene rings is 1. The van der Waals surface area contributed by atoms with E-state index in [0.717, 1.165) is 6.07 Å². The largest absolute Gasteiger partial charge is 0.319 e. The van der Waals surface area contributed by atoms with Crippen LogP contribution < -0.4 is 5.32 Å². The topological polar surface area (TPSA) is 12.0 Å². The van der Waals surface area contributed by atoms with Gasteiger partial charge in [0.15, 0.2) is 0 Å². The molecule has 0 amide bonds. The highest BCUT2D eigenvalue weighted by atomic mass is 19.1. The molecule has 78 valence electrons. The molecule has 0 aromatic heterocycles. The molecule has 0 saturated carbocycles. The quantitative estimate of drug-likeness (QED) is 0.788. The highest BCUT2D eigenvalue weighted by molar-refractivity contribution is 5.25. The molecule has 0 unspecified atom stereocenters. The van der Waals surface area contributed by atoms with Crippen LogP contribution in [0, 0.1) is 11.6 Å². The predicted molar refractivity (Wildman–Crippen MR) is 53.3 cm³/mol. The Hall–Kier alpha value is -0.960. The molecular formula is C11H15F2N. The molecule has 0 heterocycles. The molecule has 1 aromatic carbocycles. The lowest BCUT2D eigenvalue weighted by Gasteiger charge is -2.24. The summed E-state index contributed by atoms with van der Waals surface area (Å²) in [7, 11) is 1.82. The number of rotatable bonds is 3. The van der Waals surface area contributed by atoms with E-state index in [1.54, 1.807) is 0 Å². The van der Waals surface area contributed by atoms with Crippen LogP contribution in [0.4, 0.5) is 8.78 Å². The van der Waals surface area contributed by atoms with Crippen molar-refractivity contribution in [1.82, 2.24) is 5.32 Å². The van der Waals surface area contributed by atoms with Crippen LogP contribution in [0.5, 0.6) is 0 Å². The third-order valence-corrected chi connectivity index (χ3v) is 2.26. The molecule has 0 aliphatic heterocycles. The smallest absolute Gasteiger partial charge is 0.126 e.